The van der Waals surface area contributed by atoms with Crippen molar-refractivity contribution in [1.29, 1.82) is 0 Å². The molecule has 7 heteroatoms. The van der Waals surface area contributed by atoms with Crippen LogP contribution in [-0.2, 0) is 0 Å². The van der Waals surface area contributed by atoms with Crippen LogP contribution in [0.25, 0.3) is 0 Å². The van der Waals surface area contributed by atoms with Crippen molar-refractivity contribution in [3.8, 4) is 23.1 Å². The minimum absolute atomic E-state index is 0.298. The molecule has 0 radical (unpaired) electrons. The predicted octanol–water partition coefficient (Wildman–Crippen LogP) is 4.49. The number of ether oxygens (including phenoxy) is 3. The van der Waals surface area contributed by atoms with Gasteiger partial charge in [0.15, 0.2) is 17.3 Å². The first-order chi connectivity index (χ1) is 13.6. The number of aromatic nitrogens is 2. The van der Waals surface area contributed by atoms with Gasteiger partial charge in [-0.3, -0.25) is 0 Å². The lowest BCUT2D eigenvalue weighted by Crippen LogP contribution is -2.15. The van der Waals surface area contributed by atoms with Crippen molar-refractivity contribution in [2.45, 2.75) is 19.8 Å². The Balaban J connectivity index is 1.53. The fourth-order valence-corrected chi connectivity index (χ4v) is 2.85. The van der Waals surface area contributed by atoms with Gasteiger partial charge in [-0.1, -0.05) is 26.0 Å². The summed E-state index contributed by atoms with van der Waals surface area (Å²) in [7, 11) is 0. The van der Waals surface area contributed by atoms with Gasteiger partial charge >= 0.3 is 0 Å². The molecule has 0 atom stereocenters. The molecule has 4 rings (SSSR count). The monoisotopic (exact) mass is 378 g/mol. The molecule has 2 aromatic carbocycles. The molecule has 0 spiro atoms. The standard InChI is InChI=1S/C21H22N4O3/c1-13(2)14-3-6-16(7-4-14)28-21-19(22)20(23-12-24-21)25-15-5-8-17-18(11-15)27-10-9-26-17/h3-8,11-13H,9-10,22H2,1-2H3,(H,23,24,25). The summed E-state index contributed by atoms with van der Waals surface area (Å²) in [6.45, 7) is 5.37. The van der Waals surface area contributed by atoms with Crippen LogP contribution in [0, 0.1) is 0 Å². The molecule has 1 aliphatic rings. The number of nitrogens with one attached hydrogen (secondary N) is 1. The Morgan fingerprint density at radius 3 is 2.50 bits per heavy atom. The van der Waals surface area contributed by atoms with Gasteiger partial charge < -0.3 is 25.3 Å². The summed E-state index contributed by atoms with van der Waals surface area (Å²) >= 11 is 0. The average molecular weight is 378 g/mol. The highest BCUT2D eigenvalue weighted by molar-refractivity contribution is 5.73. The predicted molar refractivity (Wildman–Crippen MR) is 108 cm³/mol. The maximum Gasteiger partial charge on any atom is 0.248 e. The van der Waals surface area contributed by atoms with Gasteiger partial charge in [0.05, 0.1) is 0 Å². The number of hydrogen-bond acceptors (Lipinski definition) is 7. The van der Waals surface area contributed by atoms with E-state index < -0.39 is 0 Å². The van der Waals surface area contributed by atoms with Gasteiger partial charge in [-0.2, -0.15) is 4.98 Å². The maximum absolute atomic E-state index is 6.23. The number of anilines is 3. The number of rotatable bonds is 5. The Bertz CT molecular complexity index is 974. The first-order valence-corrected chi connectivity index (χ1v) is 9.15. The molecule has 1 aromatic heterocycles. The largest absolute Gasteiger partial charge is 0.486 e. The zero-order chi connectivity index (χ0) is 19.5. The van der Waals surface area contributed by atoms with E-state index in [0.717, 1.165) is 11.4 Å². The van der Waals surface area contributed by atoms with E-state index in [2.05, 4.69) is 29.1 Å². The molecular formula is C21H22N4O3. The minimum Gasteiger partial charge on any atom is -0.486 e. The zero-order valence-electron chi connectivity index (χ0n) is 15.8. The Hall–Kier alpha value is -3.48. The van der Waals surface area contributed by atoms with E-state index in [0.29, 0.717) is 48.0 Å². The molecule has 0 unspecified atom stereocenters. The molecular weight excluding hydrogens is 356 g/mol. The van der Waals surface area contributed by atoms with Crippen LogP contribution in [0.1, 0.15) is 25.3 Å². The molecule has 0 bridgehead atoms. The lowest BCUT2D eigenvalue weighted by molar-refractivity contribution is 0.171. The Morgan fingerprint density at radius 2 is 1.75 bits per heavy atom. The highest BCUT2D eigenvalue weighted by Gasteiger charge is 2.14. The molecule has 7 nitrogen and oxygen atoms in total. The van der Waals surface area contributed by atoms with Crippen LogP contribution in [0.2, 0.25) is 0 Å². The summed E-state index contributed by atoms with van der Waals surface area (Å²) in [4.78, 5) is 8.39. The van der Waals surface area contributed by atoms with Crippen molar-refractivity contribution in [1.82, 2.24) is 9.97 Å². The van der Waals surface area contributed by atoms with Crippen molar-refractivity contribution in [2.24, 2.45) is 0 Å². The number of benzene rings is 2. The number of nitrogens with zero attached hydrogens (tertiary/aromatic N) is 2. The molecule has 0 aliphatic carbocycles. The molecule has 0 fully saturated rings. The van der Waals surface area contributed by atoms with Gasteiger partial charge in [-0.25, -0.2) is 4.98 Å². The lowest BCUT2D eigenvalue weighted by Gasteiger charge is -2.19. The van der Waals surface area contributed by atoms with Gasteiger partial charge in [-0.15, -0.1) is 0 Å². The van der Waals surface area contributed by atoms with Crippen LogP contribution >= 0.6 is 0 Å². The highest BCUT2D eigenvalue weighted by atomic mass is 16.6. The van der Waals surface area contributed by atoms with Crippen molar-refractivity contribution in [3.05, 3.63) is 54.4 Å². The lowest BCUT2D eigenvalue weighted by atomic mass is 10.0. The van der Waals surface area contributed by atoms with Crippen LogP contribution < -0.4 is 25.3 Å². The first kappa shape index (κ1) is 17.9. The van der Waals surface area contributed by atoms with E-state index in [-0.39, 0.29) is 0 Å². The fraction of sp³-hybridized carbons (Fsp3) is 0.238. The fourth-order valence-electron chi connectivity index (χ4n) is 2.85. The highest BCUT2D eigenvalue weighted by Crippen LogP contribution is 2.35. The quantitative estimate of drug-likeness (QED) is 0.676. The van der Waals surface area contributed by atoms with Gasteiger partial charge in [0.2, 0.25) is 5.88 Å². The SMILES string of the molecule is CC(C)c1ccc(Oc2ncnc(Nc3ccc4c(c3)OCCO4)c2N)cc1. The van der Waals surface area contributed by atoms with E-state index in [4.69, 9.17) is 19.9 Å². The second-order valence-electron chi connectivity index (χ2n) is 6.75. The van der Waals surface area contributed by atoms with Crippen molar-refractivity contribution >= 4 is 17.2 Å². The van der Waals surface area contributed by atoms with Crippen LogP contribution in [0.3, 0.4) is 0 Å². The van der Waals surface area contributed by atoms with E-state index in [1.54, 1.807) is 0 Å². The normalized spacial score (nSPS) is 12.7. The molecule has 0 saturated carbocycles. The summed E-state index contributed by atoms with van der Waals surface area (Å²) in [5.74, 6) is 3.29. The molecule has 0 amide bonds. The smallest absolute Gasteiger partial charge is 0.248 e. The van der Waals surface area contributed by atoms with E-state index >= 15 is 0 Å². The Kier molecular flexibility index (Phi) is 4.89. The Labute approximate surface area is 163 Å². The first-order valence-electron chi connectivity index (χ1n) is 9.15. The third-order valence-electron chi connectivity index (χ3n) is 4.41. The van der Waals surface area contributed by atoms with E-state index in [1.807, 2.05) is 42.5 Å². The maximum atomic E-state index is 6.23. The zero-order valence-corrected chi connectivity index (χ0v) is 15.8. The molecule has 1 aliphatic heterocycles. The van der Waals surface area contributed by atoms with Crippen LogP contribution in [0.15, 0.2) is 48.8 Å². The average Bonchev–Trinajstić information content (AvgIpc) is 2.71. The third-order valence-corrected chi connectivity index (χ3v) is 4.41. The van der Waals surface area contributed by atoms with Crippen LogP contribution in [0.5, 0.6) is 23.1 Å². The molecule has 28 heavy (non-hydrogen) atoms. The van der Waals surface area contributed by atoms with E-state index in [1.165, 1.54) is 11.9 Å². The number of hydrogen-bond donors (Lipinski definition) is 2. The molecule has 144 valence electrons. The number of nitrogen functional groups attached to an aromatic ring is 1. The van der Waals surface area contributed by atoms with Gasteiger partial charge in [0, 0.05) is 11.8 Å². The summed E-state index contributed by atoms with van der Waals surface area (Å²) in [5.41, 5.74) is 8.57. The third kappa shape index (κ3) is 3.78. The Morgan fingerprint density at radius 1 is 1.00 bits per heavy atom. The summed E-state index contributed by atoms with van der Waals surface area (Å²) in [6.07, 6.45) is 1.41. The summed E-state index contributed by atoms with van der Waals surface area (Å²) in [6, 6.07) is 13.5. The molecule has 3 N–H and O–H groups in total. The summed E-state index contributed by atoms with van der Waals surface area (Å²) in [5, 5.41) is 3.18. The minimum atomic E-state index is 0.298. The van der Waals surface area contributed by atoms with Crippen molar-refractivity contribution < 1.29 is 14.2 Å². The molecule has 3 aromatic rings. The van der Waals surface area contributed by atoms with Gasteiger partial charge in [0.25, 0.3) is 0 Å². The second-order valence-corrected chi connectivity index (χ2v) is 6.75. The second kappa shape index (κ2) is 7.64. The van der Waals surface area contributed by atoms with Crippen molar-refractivity contribution in [3.63, 3.8) is 0 Å². The van der Waals surface area contributed by atoms with Crippen LogP contribution in [0.4, 0.5) is 17.2 Å². The topological polar surface area (TPSA) is 91.5 Å². The van der Waals surface area contributed by atoms with Gasteiger partial charge in [-0.05, 0) is 35.7 Å². The van der Waals surface area contributed by atoms with Crippen LogP contribution in [-0.4, -0.2) is 23.2 Å². The van der Waals surface area contributed by atoms with Crippen molar-refractivity contribution in [2.75, 3.05) is 24.3 Å². The molecule has 2 heterocycles. The summed E-state index contributed by atoms with van der Waals surface area (Å²) < 4.78 is 17.0. The van der Waals surface area contributed by atoms with Gasteiger partial charge in [0.1, 0.15) is 31.0 Å². The number of nitrogens with two attached hydrogens (primary N) is 1. The van der Waals surface area contributed by atoms with E-state index in [9.17, 15) is 0 Å². The molecule has 0 saturated heterocycles. The number of fused-ring (bicyclic) bond motifs is 1.